The zero-order valence-electron chi connectivity index (χ0n) is 21.2. The van der Waals surface area contributed by atoms with Gasteiger partial charge in [0.2, 0.25) is 5.90 Å². The first-order valence-corrected chi connectivity index (χ1v) is 12.0. The minimum absolute atomic E-state index is 0.0110. The van der Waals surface area contributed by atoms with Gasteiger partial charge in [0.05, 0.1) is 6.61 Å². The van der Waals surface area contributed by atoms with Crippen molar-refractivity contribution in [1.29, 1.82) is 0 Å². The highest BCUT2D eigenvalue weighted by Crippen LogP contribution is 2.29. The van der Waals surface area contributed by atoms with Gasteiger partial charge >= 0.3 is 5.97 Å². The normalized spacial score (nSPS) is 17.1. The third-order valence-corrected chi connectivity index (χ3v) is 5.40. The van der Waals surface area contributed by atoms with Crippen LogP contribution in [0, 0.1) is 11.6 Å². The Hall–Kier alpha value is -3.53. The van der Waals surface area contributed by atoms with Crippen molar-refractivity contribution < 1.29 is 37.7 Å². The number of hydrogen-bond donors (Lipinski definition) is 2. The van der Waals surface area contributed by atoms with Gasteiger partial charge in [0.25, 0.3) is 5.91 Å². The zero-order chi connectivity index (χ0) is 27.1. The number of nitrogens with zero attached hydrogens (tertiary/aromatic N) is 1. The molecule has 1 aliphatic rings. The molecule has 2 aromatic rings. The Balaban J connectivity index is 1.78. The van der Waals surface area contributed by atoms with Crippen LogP contribution in [0.4, 0.5) is 8.78 Å². The second kappa shape index (κ2) is 12.1. The first-order chi connectivity index (χ1) is 17.5. The Morgan fingerprint density at radius 1 is 1.14 bits per heavy atom. The smallest absolute Gasteiger partial charge is 0.306 e. The predicted octanol–water partition coefficient (Wildman–Crippen LogP) is 3.68. The van der Waals surface area contributed by atoms with E-state index in [1.807, 2.05) is 0 Å². The topological polar surface area (TPSA) is 106 Å². The summed E-state index contributed by atoms with van der Waals surface area (Å²) in [6.45, 7) is 5.39. The average molecular weight is 519 g/mol. The molecule has 1 heterocycles. The molecule has 37 heavy (non-hydrogen) atoms. The van der Waals surface area contributed by atoms with Crippen molar-refractivity contribution in [3.05, 3.63) is 65.2 Å². The molecule has 0 saturated carbocycles. The molecule has 0 spiro atoms. The number of aliphatic hydroxyl groups excluding tert-OH is 1. The fraction of sp³-hybridized carbons (Fsp3) is 0.444. The Labute approximate surface area is 214 Å². The lowest BCUT2D eigenvalue weighted by atomic mass is 9.94. The summed E-state index contributed by atoms with van der Waals surface area (Å²) in [6, 6.07) is 9.89. The lowest BCUT2D eigenvalue weighted by Crippen LogP contribution is -2.47. The van der Waals surface area contributed by atoms with E-state index in [1.165, 1.54) is 0 Å². The molecule has 0 radical (unpaired) electrons. The molecule has 10 heteroatoms. The molecule has 0 bridgehead atoms. The van der Waals surface area contributed by atoms with Crippen molar-refractivity contribution in [3.63, 3.8) is 0 Å². The maximum atomic E-state index is 13.6. The van der Waals surface area contributed by atoms with E-state index in [-0.39, 0.29) is 44.1 Å². The molecule has 1 aliphatic heterocycles. The fourth-order valence-electron chi connectivity index (χ4n) is 3.66. The number of esters is 1. The summed E-state index contributed by atoms with van der Waals surface area (Å²) in [6.07, 6.45) is 0.434. The highest BCUT2D eigenvalue weighted by molar-refractivity contribution is 6.00. The van der Waals surface area contributed by atoms with Crippen LogP contribution in [0.3, 0.4) is 0 Å². The number of aliphatic imine (C=N–C) groups is 1. The van der Waals surface area contributed by atoms with E-state index in [0.717, 1.165) is 18.2 Å². The number of carbonyl (C=O) groups excluding carboxylic acids is 2. The number of carbonyl (C=O) groups is 2. The van der Waals surface area contributed by atoms with E-state index in [2.05, 4.69) is 10.3 Å². The van der Waals surface area contributed by atoms with Gasteiger partial charge in [-0.15, -0.1) is 0 Å². The standard InChI is InChI=1S/C27H32F2N2O6/c1-26(2,3)37-23(33)9-10-27(25(34)30-16-18-13-20(28)15-21(29)14-18)17-36-24(31-27)19-5-7-22(8-6-19)35-12-4-11-32/h5-8,13-15,32H,4,9-12,16-17H2,1-3H3,(H,30,34)/t27-/m1/s1. The predicted molar refractivity (Wildman–Crippen MR) is 132 cm³/mol. The Bertz CT molecular complexity index is 1110. The molecule has 0 fully saturated rings. The van der Waals surface area contributed by atoms with Crippen LogP contribution in [0.25, 0.3) is 0 Å². The van der Waals surface area contributed by atoms with Gasteiger partial charge in [-0.25, -0.2) is 13.8 Å². The van der Waals surface area contributed by atoms with E-state index in [1.54, 1.807) is 45.0 Å². The van der Waals surface area contributed by atoms with Crippen molar-refractivity contribution >= 4 is 17.8 Å². The monoisotopic (exact) mass is 518 g/mol. The van der Waals surface area contributed by atoms with Gasteiger partial charge in [-0.05, 0) is 69.2 Å². The van der Waals surface area contributed by atoms with E-state index in [0.29, 0.717) is 24.3 Å². The Kier molecular flexibility index (Phi) is 9.20. The molecular formula is C27H32F2N2O6. The van der Waals surface area contributed by atoms with Crippen molar-refractivity contribution in [2.24, 2.45) is 4.99 Å². The Morgan fingerprint density at radius 3 is 2.43 bits per heavy atom. The van der Waals surface area contributed by atoms with Gasteiger partial charge in [0.15, 0.2) is 5.54 Å². The molecule has 3 rings (SSSR count). The van der Waals surface area contributed by atoms with Gasteiger partial charge in [-0.2, -0.15) is 0 Å². The maximum Gasteiger partial charge on any atom is 0.306 e. The van der Waals surface area contributed by atoms with Crippen molar-refractivity contribution in [2.45, 2.75) is 57.7 Å². The highest BCUT2D eigenvalue weighted by Gasteiger charge is 2.44. The first kappa shape index (κ1) is 28.0. The Morgan fingerprint density at radius 2 is 1.81 bits per heavy atom. The van der Waals surface area contributed by atoms with Gasteiger partial charge in [-0.1, -0.05) is 0 Å². The number of nitrogens with one attached hydrogen (secondary N) is 1. The fourth-order valence-corrected chi connectivity index (χ4v) is 3.66. The number of ether oxygens (including phenoxy) is 3. The van der Waals surface area contributed by atoms with Crippen LogP contribution in [0.1, 0.15) is 51.2 Å². The van der Waals surface area contributed by atoms with Gasteiger partial charge in [0, 0.05) is 37.6 Å². The van der Waals surface area contributed by atoms with Crippen molar-refractivity contribution in [1.82, 2.24) is 5.32 Å². The second-order valence-corrected chi connectivity index (χ2v) is 9.73. The first-order valence-electron chi connectivity index (χ1n) is 12.0. The van der Waals surface area contributed by atoms with Gasteiger partial charge < -0.3 is 24.6 Å². The number of benzene rings is 2. The van der Waals surface area contributed by atoms with Crippen LogP contribution in [0.2, 0.25) is 0 Å². The van der Waals surface area contributed by atoms with Crippen LogP contribution in [-0.2, 0) is 25.6 Å². The van der Waals surface area contributed by atoms with E-state index in [4.69, 9.17) is 19.3 Å². The molecule has 2 aromatic carbocycles. The van der Waals surface area contributed by atoms with E-state index < -0.39 is 34.7 Å². The quantitative estimate of drug-likeness (QED) is 0.347. The summed E-state index contributed by atoms with van der Waals surface area (Å²) in [5.41, 5.74) is -1.27. The van der Waals surface area contributed by atoms with Crippen LogP contribution in [-0.4, -0.2) is 53.8 Å². The third kappa shape index (κ3) is 8.24. The molecule has 1 amide bonds. The van der Waals surface area contributed by atoms with Crippen LogP contribution < -0.4 is 10.1 Å². The molecule has 2 N–H and O–H groups in total. The number of halogens is 2. The average Bonchev–Trinajstić information content (AvgIpc) is 3.26. The molecular weight excluding hydrogens is 486 g/mol. The molecule has 200 valence electrons. The zero-order valence-corrected chi connectivity index (χ0v) is 21.2. The lowest BCUT2D eigenvalue weighted by Gasteiger charge is -2.24. The number of amides is 1. The van der Waals surface area contributed by atoms with Crippen LogP contribution in [0.15, 0.2) is 47.5 Å². The minimum Gasteiger partial charge on any atom is -0.494 e. The van der Waals surface area contributed by atoms with E-state index in [9.17, 15) is 18.4 Å². The molecule has 0 aromatic heterocycles. The highest BCUT2D eigenvalue weighted by atomic mass is 19.1. The molecule has 0 aliphatic carbocycles. The lowest BCUT2D eigenvalue weighted by molar-refractivity contribution is -0.155. The second-order valence-electron chi connectivity index (χ2n) is 9.73. The largest absolute Gasteiger partial charge is 0.494 e. The summed E-state index contributed by atoms with van der Waals surface area (Å²) in [7, 11) is 0. The summed E-state index contributed by atoms with van der Waals surface area (Å²) in [5, 5.41) is 11.5. The SMILES string of the molecule is CC(C)(C)OC(=O)CC[C@]1(C(=O)NCc2cc(F)cc(F)c2)COC(c2ccc(OCCCO)cc2)=N1. The van der Waals surface area contributed by atoms with Crippen LogP contribution >= 0.6 is 0 Å². The van der Waals surface area contributed by atoms with Gasteiger partial charge in [-0.3, -0.25) is 9.59 Å². The molecule has 8 nitrogen and oxygen atoms in total. The summed E-state index contributed by atoms with van der Waals surface area (Å²) < 4.78 is 43.8. The third-order valence-electron chi connectivity index (χ3n) is 5.40. The number of aliphatic hydroxyl groups is 1. The summed E-state index contributed by atoms with van der Waals surface area (Å²) >= 11 is 0. The van der Waals surface area contributed by atoms with Crippen molar-refractivity contribution in [3.8, 4) is 5.75 Å². The summed E-state index contributed by atoms with van der Waals surface area (Å²) in [5.74, 6) is -1.71. The molecule has 0 unspecified atom stereocenters. The summed E-state index contributed by atoms with van der Waals surface area (Å²) in [4.78, 5) is 30.2. The molecule has 0 saturated heterocycles. The van der Waals surface area contributed by atoms with Crippen LogP contribution in [0.5, 0.6) is 5.75 Å². The number of hydrogen-bond acceptors (Lipinski definition) is 7. The maximum absolute atomic E-state index is 13.6. The van der Waals surface area contributed by atoms with Crippen molar-refractivity contribution in [2.75, 3.05) is 19.8 Å². The molecule has 1 atom stereocenters. The van der Waals surface area contributed by atoms with Gasteiger partial charge in [0.1, 0.15) is 29.6 Å². The minimum atomic E-state index is -1.44. The van der Waals surface area contributed by atoms with E-state index >= 15 is 0 Å². The number of rotatable bonds is 11.